The molecule has 0 spiro atoms. The van der Waals surface area contributed by atoms with Crippen molar-refractivity contribution < 1.29 is 18.1 Å². The Bertz CT molecular complexity index is 1030. The van der Waals surface area contributed by atoms with Crippen LogP contribution in [0.1, 0.15) is 24.0 Å². The lowest BCUT2D eigenvalue weighted by Crippen LogP contribution is -2.48. The second kappa shape index (κ2) is 7.74. The van der Waals surface area contributed by atoms with Crippen molar-refractivity contribution in [1.82, 2.24) is 4.31 Å². The Morgan fingerprint density at radius 1 is 1.10 bits per heavy atom. The molecule has 0 N–H and O–H groups in total. The standard InChI is InChI=1S/C20H23N3O5S/c1-15-5-4-6-16-13-28-14-22(20(15)16)17-9-11-21(12-10-17)29(26,27)19-8-3-2-7-18(19)23(24)25/h2-8,17H,9-14H2,1H3. The van der Waals surface area contributed by atoms with Gasteiger partial charge in [0.15, 0.2) is 4.90 Å². The molecular weight excluding hydrogens is 394 g/mol. The SMILES string of the molecule is Cc1cccc2c1N(C1CCN(S(=O)(=O)c3ccccc3[N+](=O)[O-])CC1)COC2. The average molecular weight is 417 g/mol. The number of anilines is 1. The molecule has 0 amide bonds. The third kappa shape index (κ3) is 3.61. The fourth-order valence-electron chi connectivity index (χ4n) is 4.21. The summed E-state index contributed by atoms with van der Waals surface area (Å²) >= 11 is 0. The molecule has 2 aromatic carbocycles. The van der Waals surface area contributed by atoms with Crippen LogP contribution in [-0.2, 0) is 21.4 Å². The number of nitro groups is 1. The zero-order valence-corrected chi connectivity index (χ0v) is 17.0. The van der Waals surface area contributed by atoms with Crippen molar-refractivity contribution in [3.63, 3.8) is 0 Å². The van der Waals surface area contributed by atoms with Gasteiger partial charge >= 0.3 is 0 Å². The topological polar surface area (TPSA) is 93.0 Å². The Morgan fingerprint density at radius 3 is 2.55 bits per heavy atom. The van der Waals surface area contributed by atoms with E-state index < -0.39 is 14.9 Å². The van der Waals surface area contributed by atoms with Gasteiger partial charge in [0.25, 0.3) is 5.69 Å². The van der Waals surface area contributed by atoms with Crippen LogP contribution >= 0.6 is 0 Å². The first-order valence-electron chi connectivity index (χ1n) is 9.56. The number of fused-ring (bicyclic) bond motifs is 1. The van der Waals surface area contributed by atoms with Crippen molar-refractivity contribution in [2.75, 3.05) is 24.7 Å². The molecule has 154 valence electrons. The molecule has 0 radical (unpaired) electrons. The Kier molecular flexibility index (Phi) is 5.28. The summed E-state index contributed by atoms with van der Waals surface area (Å²) in [7, 11) is -3.92. The van der Waals surface area contributed by atoms with E-state index in [1.807, 2.05) is 6.07 Å². The fraction of sp³-hybridized carbons (Fsp3) is 0.400. The van der Waals surface area contributed by atoms with E-state index in [1.165, 1.54) is 39.8 Å². The number of sulfonamides is 1. The summed E-state index contributed by atoms with van der Waals surface area (Å²) in [5.41, 5.74) is 3.12. The Hall–Kier alpha value is -2.49. The number of nitrogens with zero attached hydrogens (tertiary/aromatic N) is 3. The predicted octanol–water partition coefficient (Wildman–Crippen LogP) is 3.05. The normalized spacial score (nSPS) is 18.4. The van der Waals surface area contributed by atoms with Gasteiger partial charge in [0.1, 0.15) is 6.73 Å². The maximum absolute atomic E-state index is 13.0. The van der Waals surface area contributed by atoms with E-state index in [-0.39, 0.29) is 16.6 Å². The fourth-order valence-corrected chi connectivity index (χ4v) is 5.84. The Labute approximate surface area is 169 Å². The monoisotopic (exact) mass is 417 g/mol. The molecule has 0 aliphatic carbocycles. The van der Waals surface area contributed by atoms with Gasteiger partial charge in [-0.25, -0.2) is 8.42 Å². The molecule has 2 aliphatic heterocycles. The van der Waals surface area contributed by atoms with E-state index >= 15 is 0 Å². The lowest BCUT2D eigenvalue weighted by Gasteiger charge is -2.42. The van der Waals surface area contributed by atoms with Crippen molar-refractivity contribution in [2.45, 2.75) is 37.3 Å². The maximum Gasteiger partial charge on any atom is 0.289 e. The van der Waals surface area contributed by atoms with E-state index in [4.69, 9.17) is 4.74 Å². The minimum absolute atomic E-state index is 0.160. The second-order valence-corrected chi connectivity index (χ2v) is 9.30. The van der Waals surface area contributed by atoms with Crippen molar-refractivity contribution in [1.29, 1.82) is 0 Å². The van der Waals surface area contributed by atoms with Gasteiger partial charge in [-0.3, -0.25) is 10.1 Å². The van der Waals surface area contributed by atoms with Gasteiger partial charge in [0.05, 0.1) is 11.5 Å². The molecule has 9 heteroatoms. The minimum Gasteiger partial charge on any atom is -0.356 e. The maximum atomic E-state index is 13.0. The van der Waals surface area contributed by atoms with Gasteiger partial charge in [-0.15, -0.1) is 0 Å². The quantitative estimate of drug-likeness (QED) is 0.561. The van der Waals surface area contributed by atoms with Crippen LogP contribution in [0, 0.1) is 17.0 Å². The highest BCUT2D eigenvalue weighted by Gasteiger charge is 2.36. The van der Waals surface area contributed by atoms with Gasteiger partial charge in [0, 0.05) is 36.4 Å². The van der Waals surface area contributed by atoms with Gasteiger partial charge in [-0.05, 0) is 31.4 Å². The first kappa shape index (κ1) is 19.8. The van der Waals surface area contributed by atoms with E-state index in [2.05, 4.69) is 24.0 Å². The lowest BCUT2D eigenvalue weighted by atomic mass is 10.00. The molecule has 0 saturated carbocycles. The number of benzene rings is 2. The minimum atomic E-state index is -3.92. The molecule has 29 heavy (non-hydrogen) atoms. The summed E-state index contributed by atoms with van der Waals surface area (Å²) in [6, 6.07) is 11.8. The van der Waals surface area contributed by atoms with Crippen LogP contribution in [-0.4, -0.2) is 43.5 Å². The van der Waals surface area contributed by atoms with Crippen molar-refractivity contribution in [3.05, 3.63) is 63.7 Å². The Balaban J connectivity index is 1.53. The highest BCUT2D eigenvalue weighted by Crippen LogP contribution is 2.35. The number of hydrogen-bond donors (Lipinski definition) is 0. The summed E-state index contributed by atoms with van der Waals surface area (Å²) in [4.78, 5) is 12.6. The van der Waals surface area contributed by atoms with Crippen LogP contribution in [0.25, 0.3) is 0 Å². The van der Waals surface area contributed by atoms with Crippen LogP contribution in [0.5, 0.6) is 0 Å². The molecule has 2 aromatic rings. The second-order valence-electron chi connectivity index (χ2n) is 7.39. The number of piperidine rings is 1. The van der Waals surface area contributed by atoms with Crippen molar-refractivity contribution >= 4 is 21.4 Å². The van der Waals surface area contributed by atoms with Crippen LogP contribution in [0.4, 0.5) is 11.4 Å². The van der Waals surface area contributed by atoms with Crippen LogP contribution in [0.2, 0.25) is 0 Å². The first-order valence-corrected chi connectivity index (χ1v) is 11.0. The molecule has 8 nitrogen and oxygen atoms in total. The van der Waals surface area contributed by atoms with E-state index in [9.17, 15) is 18.5 Å². The molecular formula is C20H23N3O5S. The smallest absolute Gasteiger partial charge is 0.289 e. The molecule has 0 unspecified atom stereocenters. The average Bonchev–Trinajstić information content (AvgIpc) is 2.73. The van der Waals surface area contributed by atoms with Gasteiger partial charge < -0.3 is 9.64 Å². The third-order valence-corrected chi connectivity index (χ3v) is 7.59. The Morgan fingerprint density at radius 2 is 1.83 bits per heavy atom. The predicted molar refractivity (Wildman–Crippen MR) is 108 cm³/mol. The summed E-state index contributed by atoms with van der Waals surface area (Å²) in [6.45, 7) is 3.77. The van der Waals surface area contributed by atoms with Gasteiger partial charge in [-0.1, -0.05) is 30.3 Å². The molecule has 2 heterocycles. The van der Waals surface area contributed by atoms with E-state index in [1.54, 1.807) is 0 Å². The molecule has 0 atom stereocenters. The van der Waals surface area contributed by atoms with Crippen LogP contribution in [0.15, 0.2) is 47.4 Å². The van der Waals surface area contributed by atoms with Crippen LogP contribution < -0.4 is 4.90 Å². The number of ether oxygens (including phenoxy) is 1. The molecule has 4 rings (SSSR count). The zero-order chi connectivity index (χ0) is 20.6. The number of nitro benzene ring substituents is 1. The van der Waals surface area contributed by atoms with Crippen molar-refractivity contribution in [2.24, 2.45) is 0 Å². The first-order chi connectivity index (χ1) is 13.9. The van der Waals surface area contributed by atoms with Crippen LogP contribution in [0.3, 0.4) is 0 Å². The zero-order valence-electron chi connectivity index (χ0n) is 16.2. The lowest BCUT2D eigenvalue weighted by molar-refractivity contribution is -0.387. The molecule has 0 bridgehead atoms. The molecule has 1 saturated heterocycles. The summed E-state index contributed by atoms with van der Waals surface area (Å²) in [6.07, 6.45) is 1.27. The van der Waals surface area contributed by atoms with E-state index in [0.29, 0.717) is 39.3 Å². The largest absolute Gasteiger partial charge is 0.356 e. The number of aryl methyl sites for hydroxylation is 1. The summed E-state index contributed by atoms with van der Waals surface area (Å²) in [5, 5.41) is 11.3. The highest BCUT2D eigenvalue weighted by atomic mass is 32.2. The molecule has 2 aliphatic rings. The third-order valence-electron chi connectivity index (χ3n) is 5.64. The van der Waals surface area contributed by atoms with Gasteiger partial charge in [-0.2, -0.15) is 4.31 Å². The van der Waals surface area contributed by atoms with E-state index in [0.717, 1.165) is 5.56 Å². The number of para-hydroxylation sites is 2. The summed E-state index contributed by atoms with van der Waals surface area (Å²) < 4.78 is 33.2. The number of hydrogen-bond acceptors (Lipinski definition) is 6. The molecule has 0 aromatic heterocycles. The number of rotatable bonds is 4. The molecule has 1 fully saturated rings. The summed E-state index contributed by atoms with van der Waals surface area (Å²) in [5.74, 6) is 0. The van der Waals surface area contributed by atoms with Gasteiger partial charge in [0.2, 0.25) is 10.0 Å². The highest BCUT2D eigenvalue weighted by molar-refractivity contribution is 7.89. The van der Waals surface area contributed by atoms with Crippen molar-refractivity contribution in [3.8, 4) is 0 Å².